The highest BCUT2D eigenvalue weighted by molar-refractivity contribution is 6.04. The molecule has 0 aliphatic heterocycles. The second kappa shape index (κ2) is 3.97. The van der Waals surface area contributed by atoms with Gasteiger partial charge < -0.3 is 0 Å². The third-order valence-electron chi connectivity index (χ3n) is 4.32. The smallest absolute Gasteiger partial charge is 0.00614 e. The maximum Gasteiger partial charge on any atom is -0.00614 e. The molecule has 0 aromatic heterocycles. The van der Waals surface area contributed by atoms with E-state index in [1.54, 1.807) is 0 Å². The first-order valence-electron chi connectivity index (χ1n) is 7.48. The van der Waals surface area contributed by atoms with Crippen LogP contribution in [0.5, 0.6) is 0 Å². The van der Waals surface area contributed by atoms with Gasteiger partial charge >= 0.3 is 0 Å². The SMILES string of the molecule is CC(C)(C)c1ccc2c(c1)-c1c-2cccc1C(C)(C)C. The van der Waals surface area contributed by atoms with Crippen LogP contribution in [0, 0.1) is 0 Å². The summed E-state index contributed by atoms with van der Waals surface area (Å²) in [5.41, 5.74) is 9.05. The molecule has 0 saturated heterocycles. The molecule has 0 spiro atoms. The lowest BCUT2D eigenvalue weighted by molar-refractivity contribution is 0.588. The van der Waals surface area contributed by atoms with Crippen LogP contribution in [0.25, 0.3) is 22.3 Å². The van der Waals surface area contributed by atoms with E-state index in [-0.39, 0.29) is 10.8 Å². The van der Waals surface area contributed by atoms with Crippen LogP contribution in [-0.2, 0) is 10.8 Å². The van der Waals surface area contributed by atoms with Gasteiger partial charge in [0, 0.05) is 0 Å². The highest BCUT2D eigenvalue weighted by atomic mass is 14.3. The third-order valence-corrected chi connectivity index (χ3v) is 4.32. The Balaban J connectivity index is 2.19. The molecular formula is C20H24. The van der Waals surface area contributed by atoms with Gasteiger partial charge in [0.05, 0.1) is 0 Å². The summed E-state index contributed by atoms with van der Waals surface area (Å²) in [6.07, 6.45) is 0. The van der Waals surface area contributed by atoms with E-state index >= 15 is 0 Å². The Kier molecular flexibility index (Phi) is 2.67. The number of hydrogen-bond donors (Lipinski definition) is 0. The lowest BCUT2D eigenvalue weighted by Crippen LogP contribution is -2.17. The second-order valence-electron chi connectivity index (χ2n) is 7.99. The molecule has 0 N–H and O–H groups in total. The van der Waals surface area contributed by atoms with Gasteiger partial charge in [-0.25, -0.2) is 0 Å². The van der Waals surface area contributed by atoms with Crippen LogP contribution in [-0.4, -0.2) is 0 Å². The van der Waals surface area contributed by atoms with E-state index in [0.717, 1.165) is 0 Å². The molecule has 0 unspecified atom stereocenters. The second-order valence-corrected chi connectivity index (χ2v) is 7.99. The van der Waals surface area contributed by atoms with Gasteiger partial charge in [-0.15, -0.1) is 0 Å². The molecule has 0 heteroatoms. The van der Waals surface area contributed by atoms with Crippen LogP contribution in [0.4, 0.5) is 0 Å². The molecule has 1 aliphatic rings. The van der Waals surface area contributed by atoms with Gasteiger partial charge in [-0.2, -0.15) is 0 Å². The fourth-order valence-corrected chi connectivity index (χ4v) is 3.08. The lowest BCUT2D eigenvalue weighted by Gasteiger charge is -2.33. The maximum absolute atomic E-state index is 2.40. The zero-order valence-corrected chi connectivity index (χ0v) is 13.5. The molecular weight excluding hydrogens is 240 g/mol. The molecule has 0 radical (unpaired) electrons. The van der Waals surface area contributed by atoms with Crippen molar-refractivity contribution in [3.8, 4) is 22.3 Å². The van der Waals surface area contributed by atoms with Crippen molar-refractivity contribution in [2.45, 2.75) is 52.4 Å². The first kappa shape index (κ1) is 13.4. The zero-order valence-electron chi connectivity index (χ0n) is 13.5. The minimum absolute atomic E-state index is 0.195. The molecule has 104 valence electrons. The van der Waals surface area contributed by atoms with Gasteiger partial charge in [-0.1, -0.05) is 71.9 Å². The molecule has 2 aromatic carbocycles. The van der Waals surface area contributed by atoms with Crippen molar-refractivity contribution in [3.63, 3.8) is 0 Å². The molecule has 3 rings (SSSR count). The summed E-state index contributed by atoms with van der Waals surface area (Å²) in [5.74, 6) is 0. The highest BCUT2D eigenvalue weighted by Gasteiger charge is 2.30. The molecule has 0 saturated carbocycles. The predicted octanol–water partition coefficient (Wildman–Crippen LogP) is 5.93. The Morgan fingerprint density at radius 2 is 1.35 bits per heavy atom. The van der Waals surface area contributed by atoms with E-state index in [9.17, 15) is 0 Å². The van der Waals surface area contributed by atoms with Crippen molar-refractivity contribution in [2.75, 3.05) is 0 Å². The van der Waals surface area contributed by atoms with Crippen molar-refractivity contribution in [2.24, 2.45) is 0 Å². The molecule has 0 fully saturated rings. The summed E-state index contributed by atoms with van der Waals surface area (Å²) in [6, 6.07) is 13.7. The Bertz CT molecular complexity index is 676. The number of fused-ring (bicyclic) bond motifs is 4. The molecule has 0 atom stereocenters. The quantitative estimate of drug-likeness (QED) is 0.472. The number of hydrogen-bond acceptors (Lipinski definition) is 0. The van der Waals surface area contributed by atoms with Gasteiger partial charge in [0.25, 0.3) is 0 Å². The summed E-state index contributed by atoms with van der Waals surface area (Å²) < 4.78 is 0. The van der Waals surface area contributed by atoms with Crippen molar-refractivity contribution < 1.29 is 0 Å². The fraction of sp³-hybridized carbons (Fsp3) is 0.400. The Morgan fingerprint density at radius 1 is 0.650 bits per heavy atom. The molecule has 0 amide bonds. The van der Waals surface area contributed by atoms with Crippen LogP contribution >= 0.6 is 0 Å². The van der Waals surface area contributed by atoms with Crippen molar-refractivity contribution >= 4 is 0 Å². The largest absolute Gasteiger partial charge is 0.0613 e. The van der Waals surface area contributed by atoms with E-state index in [1.165, 1.54) is 33.4 Å². The van der Waals surface area contributed by atoms with Gasteiger partial charge in [0.1, 0.15) is 0 Å². The van der Waals surface area contributed by atoms with Crippen molar-refractivity contribution in [1.82, 2.24) is 0 Å². The topological polar surface area (TPSA) is 0 Å². The van der Waals surface area contributed by atoms with E-state index in [0.29, 0.717) is 0 Å². The van der Waals surface area contributed by atoms with Gasteiger partial charge in [0.2, 0.25) is 0 Å². The predicted molar refractivity (Wildman–Crippen MR) is 88.3 cm³/mol. The van der Waals surface area contributed by atoms with E-state index < -0.39 is 0 Å². The Labute approximate surface area is 122 Å². The Morgan fingerprint density at radius 3 is 1.95 bits per heavy atom. The van der Waals surface area contributed by atoms with Crippen molar-refractivity contribution in [3.05, 3.63) is 47.5 Å². The normalized spacial score (nSPS) is 13.5. The average Bonchev–Trinajstić information content (AvgIpc) is 2.32. The molecule has 0 nitrogen and oxygen atoms in total. The van der Waals surface area contributed by atoms with Crippen molar-refractivity contribution in [1.29, 1.82) is 0 Å². The zero-order chi connectivity index (χ0) is 14.7. The molecule has 1 aliphatic carbocycles. The van der Waals surface area contributed by atoms with E-state index in [4.69, 9.17) is 0 Å². The lowest BCUT2D eigenvalue weighted by atomic mass is 9.70. The fourth-order valence-electron chi connectivity index (χ4n) is 3.08. The van der Waals surface area contributed by atoms with E-state index in [2.05, 4.69) is 77.9 Å². The first-order chi connectivity index (χ1) is 9.19. The summed E-state index contributed by atoms with van der Waals surface area (Å²) in [5, 5.41) is 0. The van der Waals surface area contributed by atoms with Crippen LogP contribution in [0.3, 0.4) is 0 Å². The Hall–Kier alpha value is -1.56. The number of rotatable bonds is 0. The third kappa shape index (κ3) is 1.90. The summed E-state index contributed by atoms with van der Waals surface area (Å²) in [6.45, 7) is 13.7. The van der Waals surface area contributed by atoms with Crippen LogP contribution in [0.2, 0.25) is 0 Å². The van der Waals surface area contributed by atoms with E-state index in [1.807, 2.05) is 0 Å². The summed E-state index contributed by atoms with van der Waals surface area (Å²) >= 11 is 0. The average molecular weight is 264 g/mol. The first-order valence-corrected chi connectivity index (χ1v) is 7.48. The summed E-state index contributed by atoms with van der Waals surface area (Å²) in [4.78, 5) is 0. The molecule has 0 heterocycles. The monoisotopic (exact) mass is 264 g/mol. The standard InChI is InChI=1S/C20H24/c1-19(2,3)13-10-11-14-15-8-7-9-17(20(4,5)6)18(15)16(14)12-13/h7-12H,1-6H3. The summed E-state index contributed by atoms with van der Waals surface area (Å²) in [7, 11) is 0. The van der Waals surface area contributed by atoms with Crippen LogP contribution in [0.1, 0.15) is 52.7 Å². The molecule has 2 aromatic rings. The van der Waals surface area contributed by atoms with Crippen LogP contribution in [0.15, 0.2) is 36.4 Å². The van der Waals surface area contributed by atoms with Crippen LogP contribution < -0.4 is 0 Å². The number of benzene rings is 2. The van der Waals surface area contributed by atoms with Gasteiger partial charge in [-0.3, -0.25) is 0 Å². The molecule has 0 bridgehead atoms. The van der Waals surface area contributed by atoms with Gasteiger partial charge in [0.15, 0.2) is 0 Å². The minimum Gasteiger partial charge on any atom is -0.0613 e. The highest BCUT2D eigenvalue weighted by Crippen LogP contribution is 2.52. The minimum atomic E-state index is 0.195. The maximum atomic E-state index is 2.40. The molecule has 20 heavy (non-hydrogen) atoms. The van der Waals surface area contributed by atoms with Gasteiger partial charge in [-0.05, 0) is 50.3 Å².